The van der Waals surface area contributed by atoms with Crippen LogP contribution < -0.4 is 10.7 Å². The molecule has 0 unspecified atom stereocenters. The molecule has 1 heterocycles. The number of nitrogens with one attached hydrogen (secondary N) is 1. The third kappa shape index (κ3) is 10.4. The first kappa shape index (κ1) is 33.0. The van der Waals surface area contributed by atoms with Crippen LogP contribution in [0.25, 0.3) is 33.3 Å². The highest BCUT2D eigenvalue weighted by molar-refractivity contribution is 5.96. The molecule has 2 aliphatic rings. The number of benzene rings is 3. The van der Waals surface area contributed by atoms with Crippen molar-refractivity contribution >= 4 is 27.6 Å². The van der Waals surface area contributed by atoms with Gasteiger partial charge in [0.05, 0.1) is 5.36 Å². The molecule has 0 radical (unpaired) electrons. The summed E-state index contributed by atoms with van der Waals surface area (Å²) in [6, 6.07) is 14.7. The summed E-state index contributed by atoms with van der Waals surface area (Å²) in [7, 11) is 0. The van der Waals surface area contributed by atoms with Crippen LogP contribution >= 0.6 is 0 Å². The first-order valence-corrected chi connectivity index (χ1v) is 17.7. The van der Waals surface area contributed by atoms with E-state index in [-0.39, 0.29) is 0 Å². The van der Waals surface area contributed by atoms with Crippen LogP contribution in [0.4, 0.5) is 5.69 Å². The Kier molecular flexibility index (Phi) is 14.4. The zero-order valence-corrected chi connectivity index (χ0v) is 27.5. The number of aromatic nitrogens is 1. The second kappa shape index (κ2) is 18.7. The molecule has 1 aliphatic heterocycles. The highest BCUT2D eigenvalue weighted by atomic mass is 16.3. The quantitative estimate of drug-likeness (QED) is 0.0603. The maximum atomic E-state index is 6.42. The van der Waals surface area contributed by atoms with Crippen molar-refractivity contribution in [2.24, 2.45) is 4.99 Å². The number of anilines is 1. The Hall–Kier alpha value is -2.88. The number of rotatable bonds is 21. The van der Waals surface area contributed by atoms with Crippen LogP contribution in [0.2, 0.25) is 0 Å². The summed E-state index contributed by atoms with van der Waals surface area (Å²) in [5, 5.41) is 6.70. The maximum absolute atomic E-state index is 6.42. The van der Waals surface area contributed by atoms with Gasteiger partial charge in [0.25, 0.3) is 0 Å². The summed E-state index contributed by atoms with van der Waals surface area (Å²) in [4.78, 5) is 10.1. The standard InChI is InChI=1S/C39H57N3O/c1-4-6-7-8-9-10-11-12-13-14-15-16-17-18-19-20-21-24-27-41-35-30-38-39(33-26-23-22-25-32(33)35)42-36-28-31(3)34(40-5-2)29-37(36)43-38/h22-23,25-26,28-30,40H,4-21,24,27H2,1-3H3. The van der Waals surface area contributed by atoms with Crippen LogP contribution in [0, 0.1) is 6.92 Å². The molecule has 0 fully saturated rings. The molecule has 0 spiro atoms. The minimum Gasteiger partial charge on any atom is -0.453 e. The van der Waals surface area contributed by atoms with Crippen molar-refractivity contribution < 1.29 is 4.42 Å². The molecule has 0 saturated heterocycles. The summed E-state index contributed by atoms with van der Waals surface area (Å²) >= 11 is 0. The number of hydrogen-bond acceptors (Lipinski definition) is 4. The Labute approximate surface area is 261 Å². The van der Waals surface area contributed by atoms with E-state index < -0.39 is 0 Å². The number of hydrogen-bond donors (Lipinski definition) is 1. The number of aryl methyl sites for hydroxylation is 1. The zero-order valence-electron chi connectivity index (χ0n) is 27.5. The Bertz CT molecular complexity index is 1410. The molecule has 4 rings (SSSR count). The van der Waals surface area contributed by atoms with Crippen LogP contribution in [0.15, 0.2) is 51.9 Å². The maximum Gasteiger partial charge on any atom is 0.155 e. The lowest BCUT2D eigenvalue weighted by Gasteiger charge is -2.13. The summed E-state index contributed by atoms with van der Waals surface area (Å²) in [6.45, 7) is 8.26. The Morgan fingerprint density at radius 1 is 0.674 bits per heavy atom. The van der Waals surface area contributed by atoms with Crippen LogP contribution in [0.1, 0.15) is 135 Å². The third-order valence-corrected chi connectivity index (χ3v) is 8.88. The highest BCUT2D eigenvalue weighted by Crippen LogP contribution is 2.32. The van der Waals surface area contributed by atoms with Crippen molar-refractivity contribution in [3.8, 4) is 11.5 Å². The van der Waals surface area contributed by atoms with Crippen LogP contribution in [0.5, 0.6) is 0 Å². The summed E-state index contributed by atoms with van der Waals surface area (Å²) in [5.74, 6) is 0.800. The molecule has 1 N–H and O–H groups in total. The third-order valence-electron chi connectivity index (χ3n) is 8.88. The van der Waals surface area contributed by atoms with E-state index in [2.05, 4.69) is 68.6 Å². The molecular formula is C39H57N3O. The van der Waals surface area contributed by atoms with Gasteiger partial charge < -0.3 is 9.73 Å². The van der Waals surface area contributed by atoms with Crippen molar-refractivity contribution in [3.05, 3.63) is 53.4 Å². The van der Waals surface area contributed by atoms with Gasteiger partial charge in [-0.25, -0.2) is 4.98 Å². The van der Waals surface area contributed by atoms with Crippen LogP contribution in [0.3, 0.4) is 0 Å². The van der Waals surface area contributed by atoms with Crippen molar-refractivity contribution in [1.29, 1.82) is 0 Å². The predicted molar refractivity (Wildman–Crippen MR) is 186 cm³/mol. The Morgan fingerprint density at radius 2 is 1.23 bits per heavy atom. The number of unbranched alkanes of at least 4 members (excludes halogenated alkanes) is 17. The monoisotopic (exact) mass is 583 g/mol. The van der Waals surface area contributed by atoms with Gasteiger partial charge in [0.1, 0.15) is 11.2 Å². The van der Waals surface area contributed by atoms with Crippen molar-refractivity contribution in [3.63, 3.8) is 0 Å². The second-order valence-electron chi connectivity index (χ2n) is 12.6. The fourth-order valence-corrected chi connectivity index (χ4v) is 6.31. The lowest BCUT2D eigenvalue weighted by Crippen LogP contribution is -2.08. The van der Waals surface area contributed by atoms with Crippen molar-refractivity contribution in [2.45, 2.75) is 136 Å². The summed E-state index contributed by atoms with van der Waals surface area (Å²) in [5.41, 5.74) is 4.88. The van der Waals surface area contributed by atoms with E-state index in [1.54, 1.807) is 0 Å². The van der Waals surface area contributed by atoms with E-state index in [9.17, 15) is 0 Å². The minimum atomic E-state index is 0.800. The van der Waals surface area contributed by atoms with Gasteiger partial charge >= 0.3 is 0 Å². The van der Waals surface area contributed by atoms with E-state index in [0.717, 1.165) is 63.9 Å². The smallest absolute Gasteiger partial charge is 0.155 e. The van der Waals surface area contributed by atoms with Crippen molar-refractivity contribution in [1.82, 2.24) is 4.98 Å². The van der Waals surface area contributed by atoms with E-state index in [0.29, 0.717) is 0 Å². The van der Waals surface area contributed by atoms with E-state index in [4.69, 9.17) is 14.4 Å². The topological polar surface area (TPSA) is 50.4 Å². The predicted octanol–water partition coefficient (Wildman–Crippen LogP) is 11.8. The molecule has 43 heavy (non-hydrogen) atoms. The zero-order chi connectivity index (χ0) is 30.1. The van der Waals surface area contributed by atoms with Gasteiger partial charge in [-0.15, -0.1) is 0 Å². The van der Waals surface area contributed by atoms with Crippen molar-refractivity contribution in [2.75, 3.05) is 18.4 Å². The SMILES string of the molecule is CCCCCCCCCCCCCCCCCCCCN=c1cc2oc3cc(NCC)c(C)cc3nc-2c2ccccc12. The van der Waals surface area contributed by atoms with Gasteiger partial charge in [0.15, 0.2) is 11.3 Å². The molecule has 4 nitrogen and oxygen atoms in total. The molecular weight excluding hydrogens is 526 g/mol. The fourth-order valence-electron chi connectivity index (χ4n) is 6.31. The fraction of sp³-hybridized carbons (Fsp3) is 0.590. The number of nitrogens with zero attached hydrogens (tertiary/aromatic N) is 2. The average Bonchev–Trinajstić information content (AvgIpc) is 3.02. The highest BCUT2D eigenvalue weighted by Gasteiger charge is 2.15. The molecule has 0 aromatic heterocycles. The van der Waals surface area contributed by atoms with Gasteiger partial charge in [-0.1, -0.05) is 140 Å². The number of fused-ring (bicyclic) bond motifs is 4. The van der Waals surface area contributed by atoms with Crippen LogP contribution in [-0.4, -0.2) is 18.1 Å². The normalized spacial score (nSPS) is 12.2. The molecule has 0 atom stereocenters. The second-order valence-corrected chi connectivity index (χ2v) is 12.6. The summed E-state index contributed by atoms with van der Waals surface area (Å²) < 4.78 is 6.42. The molecule has 2 aromatic rings. The van der Waals surface area contributed by atoms with E-state index in [1.807, 2.05) is 0 Å². The van der Waals surface area contributed by atoms with E-state index in [1.165, 1.54) is 115 Å². The van der Waals surface area contributed by atoms with Crippen LogP contribution in [-0.2, 0) is 0 Å². The molecule has 1 aliphatic carbocycles. The average molecular weight is 584 g/mol. The molecule has 2 aromatic carbocycles. The lowest BCUT2D eigenvalue weighted by molar-refractivity contribution is 0.525. The van der Waals surface area contributed by atoms with Gasteiger partial charge in [0, 0.05) is 41.7 Å². The Balaban J connectivity index is 1.17. The molecule has 0 bridgehead atoms. The summed E-state index contributed by atoms with van der Waals surface area (Å²) in [6.07, 6.45) is 25.1. The van der Waals surface area contributed by atoms with E-state index >= 15 is 0 Å². The largest absolute Gasteiger partial charge is 0.453 e. The first-order valence-electron chi connectivity index (χ1n) is 17.7. The molecule has 0 amide bonds. The van der Waals surface area contributed by atoms with Gasteiger partial charge in [-0.05, 0) is 31.9 Å². The van der Waals surface area contributed by atoms with Gasteiger partial charge in [-0.2, -0.15) is 0 Å². The van der Waals surface area contributed by atoms with Gasteiger partial charge in [0.2, 0.25) is 0 Å². The Morgan fingerprint density at radius 3 is 1.81 bits per heavy atom. The molecule has 0 saturated carbocycles. The first-order chi connectivity index (χ1) is 21.2. The lowest BCUT2D eigenvalue weighted by atomic mass is 10.0. The minimum absolute atomic E-state index is 0.800. The molecule has 4 heteroatoms. The molecule has 234 valence electrons. The van der Waals surface area contributed by atoms with Gasteiger partial charge in [-0.3, -0.25) is 4.99 Å².